The Labute approximate surface area is 140 Å². The predicted octanol–water partition coefficient (Wildman–Crippen LogP) is 3.24. The number of Topliss-reactive ketones (excluding diaryl/α,β-unsaturated/α-hetero) is 1. The number of rotatable bonds is 4. The number of carbonyl (C=O) groups is 2. The van der Waals surface area contributed by atoms with Crippen LogP contribution in [0.5, 0.6) is 0 Å². The summed E-state index contributed by atoms with van der Waals surface area (Å²) in [5.74, 6) is -0.170. The van der Waals surface area contributed by atoms with Crippen LogP contribution in [0.1, 0.15) is 29.3 Å². The van der Waals surface area contributed by atoms with E-state index in [0.717, 1.165) is 11.1 Å². The average Bonchev–Trinajstić information content (AvgIpc) is 3.06. The molecule has 0 aromatic heterocycles. The molecule has 1 heterocycles. The van der Waals surface area contributed by atoms with Crippen LogP contribution < -0.4 is 11.1 Å². The average molecular weight is 322 g/mol. The number of ether oxygens (including phenoxy) is 1. The van der Waals surface area contributed by atoms with Crippen LogP contribution in [0.3, 0.4) is 0 Å². The van der Waals surface area contributed by atoms with Gasteiger partial charge < -0.3 is 15.8 Å². The van der Waals surface area contributed by atoms with E-state index in [9.17, 15) is 9.59 Å². The van der Waals surface area contributed by atoms with Gasteiger partial charge in [0.25, 0.3) is 5.91 Å². The zero-order chi connectivity index (χ0) is 17.1. The molecular formula is C19H18N2O3. The molecule has 0 radical (unpaired) electrons. The minimum absolute atomic E-state index is 0.0219. The van der Waals surface area contributed by atoms with E-state index < -0.39 is 0 Å². The molecule has 0 aliphatic carbocycles. The van der Waals surface area contributed by atoms with E-state index in [2.05, 4.69) is 5.32 Å². The third kappa shape index (κ3) is 3.46. The molecule has 2 aromatic carbocycles. The van der Waals surface area contributed by atoms with Gasteiger partial charge in [-0.1, -0.05) is 12.1 Å². The SMILES string of the molecule is CC(=O)C1CC(c2ccc(NC(=O)c3ccc(N)cc3)cc2)=CO1. The van der Waals surface area contributed by atoms with Crippen molar-refractivity contribution in [3.05, 3.63) is 65.9 Å². The molecule has 1 atom stereocenters. The monoisotopic (exact) mass is 322 g/mol. The fraction of sp³-hybridized carbons (Fsp3) is 0.158. The van der Waals surface area contributed by atoms with E-state index in [1.807, 2.05) is 24.3 Å². The molecule has 0 saturated carbocycles. The van der Waals surface area contributed by atoms with Crippen LogP contribution in [0, 0.1) is 0 Å². The molecule has 1 unspecified atom stereocenters. The second-order valence-corrected chi connectivity index (χ2v) is 5.74. The van der Waals surface area contributed by atoms with Gasteiger partial charge in [0.05, 0.1) is 6.26 Å². The lowest BCUT2D eigenvalue weighted by Gasteiger charge is -2.08. The highest BCUT2D eigenvalue weighted by molar-refractivity contribution is 6.04. The zero-order valence-electron chi connectivity index (χ0n) is 13.3. The number of nitrogens with two attached hydrogens (primary N) is 1. The van der Waals surface area contributed by atoms with Crippen LogP contribution in [0.4, 0.5) is 11.4 Å². The van der Waals surface area contributed by atoms with Crippen LogP contribution >= 0.6 is 0 Å². The summed E-state index contributed by atoms with van der Waals surface area (Å²) in [6.45, 7) is 1.53. The molecule has 3 N–H and O–H groups in total. The first-order chi connectivity index (χ1) is 11.5. The van der Waals surface area contributed by atoms with Crippen LogP contribution in [0.2, 0.25) is 0 Å². The molecule has 5 nitrogen and oxygen atoms in total. The molecule has 1 aliphatic heterocycles. The maximum Gasteiger partial charge on any atom is 0.255 e. The molecule has 5 heteroatoms. The molecule has 24 heavy (non-hydrogen) atoms. The van der Waals surface area contributed by atoms with Crippen LogP contribution in [0.15, 0.2) is 54.8 Å². The van der Waals surface area contributed by atoms with Gasteiger partial charge in [-0.2, -0.15) is 0 Å². The van der Waals surface area contributed by atoms with Crippen LogP contribution in [-0.4, -0.2) is 17.8 Å². The Morgan fingerprint density at radius 1 is 1.08 bits per heavy atom. The van der Waals surface area contributed by atoms with Gasteiger partial charge in [0, 0.05) is 23.4 Å². The van der Waals surface area contributed by atoms with E-state index in [1.165, 1.54) is 6.92 Å². The first kappa shape index (κ1) is 15.8. The lowest BCUT2D eigenvalue weighted by molar-refractivity contribution is -0.124. The van der Waals surface area contributed by atoms with Crippen molar-refractivity contribution in [1.29, 1.82) is 0 Å². The minimum atomic E-state index is -0.384. The quantitative estimate of drug-likeness (QED) is 0.847. The fourth-order valence-corrected chi connectivity index (χ4v) is 2.49. The summed E-state index contributed by atoms with van der Waals surface area (Å²) in [6.07, 6.45) is 1.82. The number of ketones is 1. The predicted molar refractivity (Wildman–Crippen MR) is 93.4 cm³/mol. The Hall–Kier alpha value is -3.08. The van der Waals surface area contributed by atoms with E-state index in [0.29, 0.717) is 23.4 Å². The first-order valence-electron chi connectivity index (χ1n) is 7.65. The summed E-state index contributed by atoms with van der Waals surface area (Å²) < 4.78 is 5.35. The van der Waals surface area contributed by atoms with Gasteiger partial charge in [0.1, 0.15) is 0 Å². The van der Waals surface area contributed by atoms with Gasteiger partial charge in [0.15, 0.2) is 11.9 Å². The molecule has 1 amide bonds. The van der Waals surface area contributed by atoms with Crippen molar-refractivity contribution in [1.82, 2.24) is 0 Å². The highest BCUT2D eigenvalue weighted by Crippen LogP contribution is 2.28. The molecular weight excluding hydrogens is 304 g/mol. The van der Waals surface area contributed by atoms with Crippen molar-refractivity contribution in [2.24, 2.45) is 0 Å². The summed E-state index contributed by atoms with van der Waals surface area (Å²) in [4.78, 5) is 23.5. The third-order valence-electron chi connectivity index (χ3n) is 3.92. The standard InChI is InChI=1S/C19H18N2O3/c1-12(22)18-10-15(11-24-18)13-4-8-17(9-5-13)21-19(23)14-2-6-16(20)7-3-14/h2-9,11,18H,10,20H2,1H3,(H,21,23). The molecule has 122 valence electrons. The van der Waals surface area contributed by atoms with Crippen molar-refractivity contribution in [3.63, 3.8) is 0 Å². The first-order valence-corrected chi connectivity index (χ1v) is 7.65. The molecule has 3 rings (SSSR count). The van der Waals surface area contributed by atoms with Gasteiger partial charge in [0.2, 0.25) is 0 Å². The second-order valence-electron chi connectivity index (χ2n) is 5.74. The van der Waals surface area contributed by atoms with E-state index in [4.69, 9.17) is 10.5 Å². The minimum Gasteiger partial charge on any atom is -0.490 e. The molecule has 0 spiro atoms. The largest absolute Gasteiger partial charge is 0.490 e. The third-order valence-corrected chi connectivity index (χ3v) is 3.92. The molecule has 0 fully saturated rings. The summed E-state index contributed by atoms with van der Waals surface area (Å²) in [6, 6.07) is 14.2. The van der Waals surface area contributed by atoms with Crippen molar-refractivity contribution in [2.45, 2.75) is 19.4 Å². The summed E-state index contributed by atoms with van der Waals surface area (Å²) in [5, 5.41) is 2.84. The number of nitrogen functional groups attached to an aromatic ring is 1. The Morgan fingerprint density at radius 3 is 2.33 bits per heavy atom. The number of hydrogen-bond acceptors (Lipinski definition) is 4. The normalized spacial score (nSPS) is 16.2. The smallest absolute Gasteiger partial charge is 0.255 e. The van der Waals surface area contributed by atoms with Gasteiger partial charge in [-0.3, -0.25) is 9.59 Å². The zero-order valence-corrected chi connectivity index (χ0v) is 13.3. The molecule has 2 aromatic rings. The number of benzene rings is 2. The Morgan fingerprint density at radius 2 is 1.75 bits per heavy atom. The summed E-state index contributed by atoms with van der Waals surface area (Å²) in [5.41, 5.74) is 9.43. The number of amides is 1. The number of hydrogen-bond donors (Lipinski definition) is 2. The van der Waals surface area contributed by atoms with Crippen LogP contribution in [-0.2, 0) is 9.53 Å². The van der Waals surface area contributed by atoms with Crippen molar-refractivity contribution >= 4 is 28.6 Å². The Bertz CT molecular complexity index is 792. The summed E-state index contributed by atoms with van der Waals surface area (Å²) in [7, 11) is 0. The maximum absolute atomic E-state index is 12.2. The molecule has 0 bridgehead atoms. The summed E-state index contributed by atoms with van der Waals surface area (Å²) >= 11 is 0. The van der Waals surface area contributed by atoms with Gasteiger partial charge in [-0.15, -0.1) is 0 Å². The highest BCUT2D eigenvalue weighted by atomic mass is 16.5. The molecule has 1 aliphatic rings. The lowest BCUT2D eigenvalue weighted by Crippen LogP contribution is -2.15. The van der Waals surface area contributed by atoms with Gasteiger partial charge in [-0.25, -0.2) is 0 Å². The van der Waals surface area contributed by atoms with Crippen LogP contribution in [0.25, 0.3) is 5.57 Å². The number of nitrogens with one attached hydrogen (secondary N) is 1. The fourth-order valence-electron chi connectivity index (χ4n) is 2.49. The van der Waals surface area contributed by atoms with Crippen molar-refractivity contribution in [2.75, 3.05) is 11.1 Å². The molecule has 0 saturated heterocycles. The van der Waals surface area contributed by atoms with E-state index in [1.54, 1.807) is 30.5 Å². The lowest BCUT2D eigenvalue weighted by atomic mass is 10.0. The number of anilines is 2. The van der Waals surface area contributed by atoms with Gasteiger partial charge >= 0.3 is 0 Å². The van der Waals surface area contributed by atoms with Crippen molar-refractivity contribution < 1.29 is 14.3 Å². The van der Waals surface area contributed by atoms with Gasteiger partial charge in [-0.05, 0) is 54.5 Å². The topological polar surface area (TPSA) is 81.4 Å². The Kier molecular flexibility index (Phi) is 4.33. The highest BCUT2D eigenvalue weighted by Gasteiger charge is 2.23. The van der Waals surface area contributed by atoms with E-state index >= 15 is 0 Å². The maximum atomic E-state index is 12.2. The van der Waals surface area contributed by atoms with Crippen molar-refractivity contribution in [3.8, 4) is 0 Å². The van der Waals surface area contributed by atoms with E-state index in [-0.39, 0.29) is 17.8 Å². The Balaban J connectivity index is 1.66. The number of carbonyl (C=O) groups excluding carboxylic acids is 2. The second kappa shape index (κ2) is 6.58.